The van der Waals surface area contributed by atoms with Gasteiger partial charge in [0.25, 0.3) is 11.5 Å². The minimum absolute atomic E-state index is 0.0127. The zero-order chi connectivity index (χ0) is 37.1. The number of rotatable bonds is 12. The minimum Gasteiger partial charge on any atom is -0.480 e. The molecule has 3 aromatic rings. The van der Waals surface area contributed by atoms with Crippen molar-refractivity contribution in [3.8, 4) is 5.88 Å². The highest BCUT2D eigenvalue weighted by atomic mass is 79.9. The van der Waals surface area contributed by atoms with Crippen molar-refractivity contribution in [3.05, 3.63) is 78.0 Å². The number of amides is 1. The van der Waals surface area contributed by atoms with Crippen LogP contribution in [0.2, 0.25) is 10.0 Å². The number of methoxy groups -OCH3 is 1. The van der Waals surface area contributed by atoms with Crippen molar-refractivity contribution in [2.45, 2.75) is 58.9 Å². The molecule has 0 bridgehead atoms. The van der Waals surface area contributed by atoms with Crippen LogP contribution in [-0.2, 0) is 6.54 Å². The van der Waals surface area contributed by atoms with E-state index in [9.17, 15) is 14.4 Å². The summed E-state index contributed by atoms with van der Waals surface area (Å²) in [5.74, 6) is 1.82. The summed E-state index contributed by atoms with van der Waals surface area (Å²) in [4.78, 5) is 48.0. The average molecular weight is 808 g/mol. The molecule has 0 spiro atoms. The fraction of sp³-hybridized carbons (Fsp3) is 0.514. The van der Waals surface area contributed by atoms with E-state index in [1.807, 2.05) is 12.1 Å². The second-order valence-electron chi connectivity index (χ2n) is 13.8. The maximum Gasteiger partial charge on any atom is 0.262 e. The Morgan fingerprint density at radius 1 is 1.00 bits per heavy atom. The first-order valence-electron chi connectivity index (χ1n) is 17.5. The third-order valence-electron chi connectivity index (χ3n) is 9.39. The monoisotopic (exact) mass is 805 g/mol. The molecule has 2 fully saturated rings. The zero-order valence-corrected chi connectivity index (χ0v) is 32.7. The number of nitrogens with two attached hydrogens (primary N) is 2. The van der Waals surface area contributed by atoms with E-state index in [2.05, 4.69) is 67.0 Å². The second-order valence-corrected chi connectivity index (χ2v) is 15.6. The molecule has 0 unspecified atom stereocenters. The van der Waals surface area contributed by atoms with Crippen LogP contribution in [0.15, 0.2) is 45.7 Å². The Kier molecular flexibility index (Phi) is 15.6. The third kappa shape index (κ3) is 12.5. The van der Waals surface area contributed by atoms with E-state index in [-0.39, 0.29) is 33.9 Å². The number of nitrogen functional groups attached to an aromatic ring is 2. The number of aromatic amines is 1. The summed E-state index contributed by atoms with van der Waals surface area (Å²) in [7, 11) is 1.48. The van der Waals surface area contributed by atoms with Gasteiger partial charge in [-0.25, -0.2) is 0 Å². The smallest absolute Gasteiger partial charge is 0.262 e. The summed E-state index contributed by atoms with van der Waals surface area (Å²) >= 11 is 15.4. The van der Waals surface area contributed by atoms with Gasteiger partial charge in [-0.1, -0.05) is 65.1 Å². The molecule has 0 atom stereocenters. The highest BCUT2D eigenvalue weighted by molar-refractivity contribution is 9.10. The van der Waals surface area contributed by atoms with Gasteiger partial charge >= 0.3 is 0 Å². The Balaban J connectivity index is 0.000000230. The van der Waals surface area contributed by atoms with Crippen LogP contribution in [0.4, 0.5) is 11.6 Å². The van der Waals surface area contributed by atoms with Gasteiger partial charge in [-0.05, 0) is 106 Å². The molecule has 14 heteroatoms. The number of ether oxygens (including phenoxy) is 1. The van der Waals surface area contributed by atoms with Gasteiger partial charge in [0.1, 0.15) is 17.2 Å². The van der Waals surface area contributed by atoms with Crippen molar-refractivity contribution >= 4 is 62.5 Å². The van der Waals surface area contributed by atoms with Gasteiger partial charge in [0, 0.05) is 30.5 Å². The number of ketones is 1. The van der Waals surface area contributed by atoms with E-state index in [0.717, 1.165) is 69.3 Å². The molecule has 2 aliphatic rings. The maximum atomic E-state index is 12.5. The number of hydrogen-bond acceptors (Lipinski definition) is 9. The lowest BCUT2D eigenvalue weighted by molar-refractivity contribution is 0.0931. The van der Waals surface area contributed by atoms with Crippen molar-refractivity contribution in [2.75, 3.05) is 57.8 Å². The van der Waals surface area contributed by atoms with Crippen molar-refractivity contribution in [1.29, 1.82) is 0 Å². The predicted octanol–water partition coefficient (Wildman–Crippen LogP) is 6.67. The van der Waals surface area contributed by atoms with E-state index in [1.54, 1.807) is 6.07 Å². The summed E-state index contributed by atoms with van der Waals surface area (Å²) in [6.07, 6.45) is 5.74. The van der Waals surface area contributed by atoms with Crippen LogP contribution in [0, 0.1) is 17.8 Å². The van der Waals surface area contributed by atoms with Crippen LogP contribution in [0.25, 0.3) is 0 Å². The molecule has 0 radical (unpaired) electrons. The van der Waals surface area contributed by atoms with Gasteiger partial charge in [0.05, 0.1) is 22.7 Å². The molecule has 1 amide bonds. The van der Waals surface area contributed by atoms with Crippen molar-refractivity contribution in [2.24, 2.45) is 17.8 Å². The highest BCUT2D eigenvalue weighted by Gasteiger charge is 2.23. The minimum atomic E-state index is -0.529. The number of H-pyrrole nitrogens is 1. The highest BCUT2D eigenvalue weighted by Crippen LogP contribution is 2.29. The molecular formula is C37H50BrCl2N7O4. The van der Waals surface area contributed by atoms with Crippen LogP contribution in [0.3, 0.4) is 0 Å². The summed E-state index contributed by atoms with van der Waals surface area (Å²) < 4.78 is 6.26. The van der Waals surface area contributed by atoms with Crippen LogP contribution in [-0.4, -0.2) is 77.8 Å². The Morgan fingerprint density at radius 3 is 2.29 bits per heavy atom. The molecule has 0 saturated carbocycles. The second kappa shape index (κ2) is 19.6. The average Bonchev–Trinajstić information content (AvgIpc) is 3.10. The fourth-order valence-electron chi connectivity index (χ4n) is 6.55. The topological polar surface area (TPSA) is 160 Å². The maximum absolute atomic E-state index is 12.5. The summed E-state index contributed by atoms with van der Waals surface area (Å²) in [5, 5.41) is 3.31. The van der Waals surface area contributed by atoms with Gasteiger partial charge in [-0.15, -0.1) is 0 Å². The lowest BCUT2D eigenvalue weighted by Gasteiger charge is -2.32. The van der Waals surface area contributed by atoms with E-state index in [1.165, 1.54) is 25.3 Å². The normalized spacial score (nSPS) is 16.1. The summed E-state index contributed by atoms with van der Waals surface area (Å²) in [6, 6.07) is 11.2. The van der Waals surface area contributed by atoms with Crippen LogP contribution in [0.1, 0.15) is 78.7 Å². The lowest BCUT2D eigenvalue weighted by Crippen LogP contribution is -2.39. The van der Waals surface area contributed by atoms with Gasteiger partial charge in [-0.3, -0.25) is 19.3 Å². The number of nitrogens with one attached hydrogen (secondary N) is 2. The quantitative estimate of drug-likeness (QED) is 0.147. The van der Waals surface area contributed by atoms with Gasteiger partial charge in [0.2, 0.25) is 5.88 Å². The predicted molar refractivity (Wildman–Crippen MR) is 209 cm³/mol. The Bertz CT molecular complexity index is 1690. The first kappa shape index (κ1) is 40.6. The van der Waals surface area contributed by atoms with Gasteiger partial charge in [0.15, 0.2) is 5.78 Å². The third-order valence-corrected chi connectivity index (χ3v) is 10.5. The molecule has 2 aliphatic heterocycles. The van der Waals surface area contributed by atoms with E-state index in [0.29, 0.717) is 41.3 Å². The number of pyridine rings is 2. The van der Waals surface area contributed by atoms with Gasteiger partial charge < -0.3 is 31.4 Å². The number of nitrogens with zero attached hydrogens (tertiary/aromatic N) is 3. The van der Waals surface area contributed by atoms with E-state index in [4.69, 9.17) is 39.4 Å². The molecule has 2 saturated heterocycles. The largest absolute Gasteiger partial charge is 0.480 e. The lowest BCUT2D eigenvalue weighted by atomic mass is 9.90. The number of carbonyl (C=O) groups is 2. The molecule has 2 aromatic heterocycles. The molecule has 0 aliphatic carbocycles. The number of anilines is 2. The van der Waals surface area contributed by atoms with Crippen LogP contribution >= 0.6 is 39.1 Å². The zero-order valence-electron chi connectivity index (χ0n) is 29.7. The van der Waals surface area contributed by atoms with Crippen molar-refractivity contribution < 1.29 is 14.3 Å². The molecule has 51 heavy (non-hydrogen) atoms. The fourth-order valence-corrected chi connectivity index (χ4v) is 7.30. The number of aromatic nitrogens is 2. The first-order valence-corrected chi connectivity index (χ1v) is 19.1. The van der Waals surface area contributed by atoms with Crippen LogP contribution in [0.5, 0.6) is 5.88 Å². The number of carbonyl (C=O) groups excluding carboxylic acids is 2. The van der Waals surface area contributed by atoms with E-state index >= 15 is 0 Å². The molecule has 6 N–H and O–H groups in total. The van der Waals surface area contributed by atoms with Gasteiger partial charge in [-0.2, -0.15) is 4.98 Å². The molecule has 4 heterocycles. The van der Waals surface area contributed by atoms with Crippen LogP contribution < -0.4 is 27.1 Å². The molecule has 5 rings (SSSR count). The molecule has 11 nitrogen and oxygen atoms in total. The number of Topliss-reactive ketones (excluding diaryl/α,β-unsaturated/α-hetero) is 1. The number of piperidine rings is 2. The molecule has 278 valence electrons. The summed E-state index contributed by atoms with van der Waals surface area (Å²) in [5.41, 5.74) is 12.4. The molecule has 1 aromatic carbocycles. The number of halogens is 3. The van der Waals surface area contributed by atoms with E-state index < -0.39 is 11.5 Å². The number of benzene rings is 1. The van der Waals surface area contributed by atoms with Crippen molar-refractivity contribution in [1.82, 2.24) is 25.1 Å². The van der Waals surface area contributed by atoms with Crippen molar-refractivity contribution in [3.63, 3.8) is 0 Å². The number of hydrogen-bond donors (Lipinski definition) is 4. The number of likely N-dealkylation sites (tertiary alicyclic amines) is 2. The standard InChI is InChI=1S/C19H22BrClN4O2.C18H28ClN3O2/c20-14-3-1-2-13(8-14)11-25-6-4-12(5-7-25)10-23-18(26)15-9-16(21)17(22)24-19(15)27;1-12(2)11-22-8-6-13(7-9-22)4-5-16(23)14-10-15(19)17(20)21-18(14)24-3/h1-3,8-9,12H,4-7,10-11H2,(H,23,26)(H3,22,24,27);10,12-13H,4-9,11H2,1-3H3,(H2,20,21). The first-order chi connectivity index (χ1) is 24.3. The Hall–Kier alpha value is -3.16. The molecular weight excluding hydrogens is 757 g/mol. The SMILES string of the molecule is COc1nc(N)c(Cl)cc1C(=O)CCC1CCN(CC(C)C)CC1.Nc1[nH]c(=O)c(C(=O)NCC2CCN(Cc3cccc(Br)c3)CC2)cc1Cl. The Labute approximate surface area is 318 Å². The Morgan fingerprint density at radius 2 is 1.65 bits per heavy atom. The summed E-state index contributed by atoms with van der Waals surface area (Å²) in [6.45, 7) is 11.4.